The van der Waals surface area contributed by atoms with Crippen LogP contribution in [0.2, 0.25) is 0 Å². The number of hydrogen-bond donors (Lipinski definition) is 2. The summed E-state index contributed by atoms with van der Waals surface area (Å²) in [6, 6.07) is 14.1. The Morgan fingerprint density at radius 2 is 1.53 bits per heavy atom. The van der Waals surface area contributed by atoms with Gasteiger partial charge in [0.25, 0.3) is 0 Å². The van der Waals surface area contributed by atoms with E-state index in [0.717, 1.165) is 5.56 Å². The van der Waals surface area contributed by atoms with Crippen molar-refractivity contribution in [2.45, 2.75) is 6.42 Å². The third kappa shape index (κ3) is 3.56. The van der Waals surface area contributed by atoms with Gasteiger partial charge in [0.15, 0.2) is 0 Å². The number of amides is 1. The van der Waals surface area contributed by atoms with Crippen molar-refractivity contribution in [2.75, 3.05) is 6.61 Å². The summed E-state index contributed by atoms with van der Waals surface area (Å²) in [4.78, 5) is 10.9. The molecule has 2 aromatic carbocycles. The quantitative estimate of drug-likeness (QED) is 0.861. The van der Waals surface area contributed by atoms with Crippen molar-refractivity contribution in [3.8, 4) is 11.5 Å². The molecule has 0 aliphatic rings. The zero-order valence-corrected chi connectivity index (χ0v) is 10.4. The number of primary amides is 1. The number of aliphatic hydroxyl groups excluding tert-OH is 1. The Labute approximate surface area is 111 Å². The Balaban J connectivity index is 2.06. The fourth-order valence-electron chi connectivity index (χ4n) is 1.68. The van der Waals surface area contributed by atoms with Crippen LogP contribution in [0.25, 0.3) is 0 Å². The fraction of sp³-hybridized carbons (Fsp3) is 0.133. The highest BCUT2D eigenvalue weighted by molar-refractivity contribution is 5.92. The third-order valence-electron chi connectivity index (χ3n) is 2.70. The van der Waals surface area contributed by atoms with Gasteiger partial charge in [-0.05, 0) is 48.4 Å². The van der Waals surface area contributed by atoms with Crippen molar-refractivity contribution in [1.82, 2.24) is 0 Å². The molecule has 0 radical (unpaired) electrons. The first-order valence-electron chi connectivity index (χ1n) is 5.96. The lowest BCUT2D eigenvalue weighted by Crippen LogP contribution is -2.10. The number of carbonyl (C=O) groups excluding carboxylic acids is 1. The maximum absolute atomic E-state index is 10.9. The summed E-state index contributed by atoms with van der Waals surface area (Å²) in [5.41, 5.74) is 6.67. The van der Waals surface area contributed by atoms with Crippen molar-refractivity contribution >= 4 is 5.91 Å². The number of benzene rings is 2. The predicted octanol–water partition coefficient (Wildman–Crippen LogP) is 2.11. The van der Waals surface area contributed by atoms with Crippen LogP contribution >= 0.6 is 0 Å². The highest BCUT2D eigenvalue weighted by Gasteiger charge is 2.01. The van der Waals surface area contributed by atoms with Gasteiger partial charge in [-0.25, -0.2) is 0 Å². The average Bonchev–Trinajstić information content (AvgIpc) is 2.42. The van der Waals surface area contributed by atoms with Crippen LogP contribution in [0.5, 0.6) is 11.5 Å². The van der Waals surface area contributed by atoms with Crippen LogP contribution in [-0.2, 0) is 6.42 Å². The van der Waals surface area contributed by atoms with Crippen LogP contribution in [0.15, 0.2) is 48.5 Å². The number of aliphatic hydroxyl groups is 1. The van der Waals surface area contributed by atoms with E-state index >= 15 is 0 Å². The monoisotopic (exact) mass is 257 g/mol. The van der Waals surface area contributed by atoms with Gasteiger partial charge in [0.2, 0.25) is 5.91 Å². The first kappa shape index (κ1) is 13.1. The van der Waals surface area contributed by atoms with E-state index in [4.69, 9.17) is 15.6 Å². The minimum atomic E-state index is -0.458. The number of carbonyl (C=O) groups is 1. The summed E-state index contributed by atoms with van der Waals surface area (Å²) >= 11 is 0. The van der Waals surface area contributed by atoms with Crippen molar-refractivity contribution in [3.63, 3.8) is 0 Å². The van der Waals surface area contributed by atoms with Crippen molar-refractivity contribution in [3.05, 3.63) is 59.7 Å². The molecule has 2 rings (SSSR count). The standard InChI is InChI=1S/C15H15NO3/c16-15(18)12-3-7-14(8-4-12)19-13-5-1-11(2-6-13)9-10-17/h1-8,17H,9-10H2,(H2,16,18). The fourth-order valence-corrected chi connectivity index (χ4v) is 1.68. The largest absolute Gasteiger partial charge is 0.457 e. The van der Waals surface area contributed by atoms with E-state index in [-0.39, 0.29) is 6.61 Å². The Morgan fingerprint density at radius 3 is 2.00 bits per heavy atom. The van der Waals surface area contributed by atoms with E-state index in [9.17, 15) is 4.79 Å². The zero-order chi connectivity index (χ0) is 13.7. The molecule has 3 N–H and O–H groups in total. The van der Waals surface area contributed by atoms with Crippen LogP contribution in [0.3, 0.4) is 0 Å². The smallest absolute Gasteiger partial charge is 0.248 e. The second-order valence-corrected chi connectivity index (χ2v) is 4.11. The minimum absolute atomic E-state index is 0.134. The lowest BCUT2D eigenvalue weighted by molar-refractivity contribution is 0.100. The third-order valence-corrected chi connectivity index (χ3v) is 2.70. The molecule has 0 unspecified atom stereocenters. The Hall–Kier alpha value is -2.33. The molecule has 4 nitrogen and oxygen atoms in total. The van der Waals surface area contributed by atoms with E-state index in [1.165, 1.54) is 0 Å². The van der Waals surface area contributed by atoms with Gasteiger partial charge in [-0.1, -0.05) is 12.1 Å². The van der Waals surface area contributed by atoms with Gasteiger partial charge in [0.1, 0.15) is 11.5 Å². The molecule has 0 saturated heterocycles. The number of hydrogen-bond acceptors (Lipinski definition) is 3. The van der Waals surface area contributed by atoms with E-state index < -0.39 is 5.91 Å². The van der Waals surface area contributed by atoms with Gasteiger partial charge in [-0.2, -0.15) is 0 Å². The molecule has 98 valence electrons. The van der Waals surface area contributed by atoms with Crippen LogP contribution in [0.1, 0.15) is 15.9 Å². The molecule has 0 bridgehead atoms. The number of ether oxygens (including phenoxy) is 1. The average molecular weight is 257 g/mol. The van der Waals surface area contributed by atoms with Crippen LogP contribution < -0.4 is 10.5 Å². The molecular weight excluding hydrogens is 242 g/mol. The topological polar surface area (TPSA) is 72.6 Å². The Kier molecular flexibility index (Phi) is 4.15. The lowest BCUT2D eigenvalue weighted by Gasteiger charge is -2.07. The SMILES string of the molecule is NC(=O)c1ccc(Oc2ccc(CCO)cc2)cc1. The summed E-state index contributed by atoms with van der Waals surface area (Å²) in [7, 11) is 0. The molecule has 1 amide bonds. The second kappa shape index (κ2) is 6.02. The predicted molar refractivity (Wildman–Crippen MR) is 72.3 cm³/mol. The van der Waals surface area contributed by atoms with E-state index in [2.05, 4.69) is 0 Å². The molecule has 0 saturated carbocycles. The molecule has 0 heterocycles. The zero-order valence-electron chi connectivity index (χ0n) is 10.4. The minimum Gasteiger partial charge on any atom is -0.457 e. The van der Waals surface area contributed by atoms with Gasteiger partial charge in [-0.15, -0.1) is 0 Å². The van der Waals surface area contributed by atoms with E-state index in [1.54, 1.807) is 24.3 Å². The molecule has 0 atom stereocenters. The maximum atomic E-state index is 10.9. The molecule has 19 heavy (non-hydrogen) atoms. The Morgan fingerprint density at radius 1 is 1.00 bits per heavy atom. The normalized spacial score (nSPS) is 10.2. The van der Waals surface area contributed by atoms with Gasteiger partial charge >= 0.3 is 0 Å². The summed E-state index contributed by atoms with van der Waals surface area (Å²) in [5, 5.41) is 8.83. The molecule has 0 fully saturated rings. The van der Waals surface area contributed by atoms with Crippen molar-refractivity contribution in [2.24, 2.45) is 5.73 Å². The highest BCUT2D eigenvalue weighted by atomic mass is 16.5. The summed E-state index contributed by atoms with van der Waals surface area (Å²) in [6.07, 6.45) is 0.633. The summed E-state index contributed by atoms with van der Waals surface area (Å²) in [6.45, 7) is 0.134. The maximum Gasteiger partial charge on any atom is 0.248 e. The first-order valence-corrected chi connectivity index (χ1v) is 5.96. The van der Waals surface area contributed by atoms with Crippen molar-refractivity contribution < 1.29 is 14.6 Å². The molecule has 4 heteroatoms. The van der Waals surface area contributed by atoms with Crippen LogP contribution in [0, 0.1) is 0 Å². The number of nitrogens with two attached hydrogens (primary N) is 1. The van der Waals surface area contributed by atoms with Gasteiger partial charge < -0.3 is 15.6 Å². The molecule has 2 aromatic rings. The second-order valence-electron chi connectivity index (χ2n) is 4.11. The number of rotatable bonds is 5. The molecule has 0 aromatic heterocycles. The Bertz CT molecular complexity index is 547. The molecular formula is C15H15NO3. The van der Waals surface area contributed by atoms with Crippen molar-refractivity contribution in [1.29, 1.82) is 0 Å². The van der Waals surface area contributed by atoms with Gasteiger partial charge in [-0.3, -0.25) is 4.79 Å². The van der Waals surface area contributed by atoms with Crippen LogP contribution in [-0.4, -0.2) is 17.6 Å². The summed E-state index contributed by atoms with van der Waals surface area (Å²) in [5.74, 6) is 0.883. The van der Waals surface area contributed by atoms with E-state index in [0.29, 0.717) is 23.5 Å². The summed E-state index contributed by atoms with van der Waals surface area (Å²) < 4.78 is 5.63. The van der Waals surface area contributed by atoms with Crippen LogP contribution in [0.4, 0.5) is 0 Å². The first-order chi connectivity index (χ1) is 9.19. The van der Waals surface area contributed by atoms with Gasteiger partial charge in [0, 0.05) is 12.2 Å². The molecule has 0 aliphatic heterocycles. The molecule has 0 aliphatic carbocycles. The molecule has 0 spiro atoms. The van der Waals surface area contributed by atoms with E-state index in [1.807, 2.05) is 24.3 Å². The van der Waals surface area contributed by atoms with Gasteiger partial charge in [0.05, 0.1) is 0 Å². The lowest BCUT2D eigenvalue weighted by atomic mass is 10.1. The highest BCUT2D eigenvalue weighted by Crippen LogP contribution is 2.22.